The summed E-state index contributed by atoms with van der Waals surface area (Å²) in [6.45, 7) is 1.44. The topological polar surface area (TPSA) is 136 Å². The van der Waals surface area contributed by atoms with Crippen LogP contribution in [0.3, 0.4) is 0 Å². The summed E-state index contributed by atoms with van der Waals surface area (Å²) in [6, 6.07) is 4.04. The summed E-state index contributed by atoms with van der Waals surface area (Å²) >= 11 is 0. The number of benzene rings is 1. The highest BCUT2D eigenvalue weighted by Gasteiger charge is 2.23. The molecule has 0 aliphatic rings. The zero-order valence-electron chi connectivity index (χ0n) is 13.3. The summed E-state index contributed by atoms with van der Waals surface area (Å²) < 4.78 is 6.26. The maximum atomic E-state index is 12.2. The van der Waals surface area contributed by atoms with Crippen LogP contribution >= 0.6 is 0 Å². The van der Waals surface area contributed by atoms with Crippen molar-refractivity contribution in [3.05, 3.63) is 34.3 Å². The van der Waals surface area contributed by atoms with E-state index in [2.05, 4.69) is 10.6 Å². The Bertz CT molecular complexity index is 851. The highest BCUT2D eigenvalue weighted by atomic mass is 16.4. The summed E-state index contributed by atoms with van der Waals surface area (Å²) in [5, 5.41) is 4.73. The van der Waals surface area contributed by atoms with Gasteiger partial charge in [-0.15, -0.1) is 0 Å². The van der Waals surface area contributed by atoms with Crippen molar-refractivity contribution in [2.45, 2.75) is 25.9 Å². The Morgan fingerprint density at radius 2 is 2.04 bits per heavy atom. The highest BCUT2D eigenvalue weighted by Crippen LogP contribution is 2.16. The predicted molar refractivity (Wildman–Crippen MR) is 85.0 cm³/mol. The smallest absolute Gasteiger partial charge is 0.408 e. The number of carbonyl (C=O) groups excluding carboxylic acids is 3. The van der Waals surface area contributed by atoms with Crippen LogP contribution in [-0.4, -0.2) is 35.4 Å². The number of aryl methyl sites for hydroxylation is 1. The minimum Gasteiger partial charge on any atom is -0.408 e. The Labute approximate surface area is 136 Å². The molecule has 0 aliphatic carbocycles. The normalized spacial score (nSPS) is 11.9. The molecule has 128 valence electrons. The van der Waals surface area contributed by atoms with E-state index in [1.54, 1.807) is 25.1 Å². The molecule has 0 unspecified atom stereocenters. The van der Waals surface area contributed by atoms with Gasteiger partial charge in [-0.1, -0.05) is 12.1 Å². The van der Waals surface area contributed by atoms with E-state index in [4.69, 9.17) is 10.2 Å². The van der Waals surface area contributed by atoms with Crippen LogP contribution in [0.2, 0.25) is 0 Å². The van der Waals surface area contributed by atoms with Crippen LogP contribution in [0.25, 0.3) is 11.1 Å². The minimum atomic E-state index is -1.10. The summed E-state index contributed by atoms with van der Waals surface area (Å²) in [5.74, 6) is -2.58. The van der Waals surface area contributed by atoms with Gasteiger partial charge in [-0.2, -0.15) is 0 Å². The van der Waals surface area contributed by atoms with Gasteiger partial charge in [-0.3, -0.25) is 19.0 Å². The van der Waals surface area contributed by atoms with Gasteiger partial charge in [0.25, 0.3) is 0 Å². The Kier molecular flexibility index (Phi) is 5.02. The van der Waals surface area contributed by atoms with Crippen molar-refractivity contribution in [2.75, 3.05) is 7.05 Å². The fourth-order valence-electron chi connectivity index (χ4n) is 2.41. The van der Waals surface area contributed by atoms with Crippen molar-refractivity contribution >= 4 is 28.8 Å². The number of likely N-dealkylation sites (N-methyl/N-ethyl adjacent to an activating group) is 1. The Morgan fingerprint density at radius 3 is 2.67 bits per heavy atom. The molecule has 1 atom stereocenters. The Hall–Kier alpha value is -3.10. The van der Waals surface area contributed by atoms with Crippen molar-refractivity contribution < 1.29 is 18.8 Å². The van der Waals surface area contributed by atoms with E-state index in [0.717, 1.165) is 5.56 Å². The molecule has 9 nitrogen and oxygen atoms in total. The second kappa shape index (κ2) is 6.99. The van der Waals surface area contributed by atoms with Gasteiger partial charge >= 0.3 is 5.76 Å². The van der Waals surface area contributed by atoms with E-state index in [1.165, 1.54) is 11.6 Å². The van der Waals surface area contributed by atoms with Crippen molar-refractivity contribution in [1.29, 1.82) is 0 Å². The number of hydrogen-bond acceptors (Lipinski definition) is 5. The minimum absolute atomic E-state index is 0.342. The lowest BCUT2D eigenvalue weighted by Gasteiger charge is -2.15. The number of amides is 3. The molecular formula is C15H18N4O5. The molecule has 0 spiro atoms. The maximum absolute atomic E-state index is 12.2. The fourth-order valence-corrected chi connectivity index (χ4v) is 2.41. The predicted octanol–water partition coefficient (Wildman–Crippen LogP) is -0.991. The van der Waals surface area contributed by atoms with Gasteiger partial charge in [0.1, 0.15) is 12.6 Å². The first kappa shape index (κ1) is 17.3. The third-order valence-corrected chi connectivity index (χ3v) is 3.49. The monoisotopic (exact) mass is 334 g/mol. The number of hydrogen-bond donors (Lipinski definition) is 3. The van der Waals surface area contributed by atoms with Gasteiger partial charge in [-0.25, -0.2) is 4.79 Å². The molecule has 0 saturated heterocycles. The molecule has 3 amide bonds. The molecule has 24 heavy (non-hydrogen) atoms. The van der Waals surface area contributed by atoms with E-state index in [9.17, 15) is 19.2 Å². The van der Waals surface area contributed by atoms with E-state index in [0.29, 0.717) is 11.1 Å². The first-order valence-corrected chi connectivity index (χ1v) is 7.21. The number of primary amides is 1. The zero-order chi connectivity index (χ0) is 17.9. The average Bonchev–Trinajstić information content (AvgIpc) is 2.82. The van der Waals surface area contributed by atoms with Crippen molar-refractivity contribution in [3.63, 3.8) is 0 Å². The van der Waals surface area contributed by atoms with Gasteiger partial charge < -0.3 is 20.8 Å². The van der Waals surface area contributed by atoms with Crippen LogP contribution in [0, 0.1) is 6.92 Å². The number of nitrogens with one attached hydrogen (secondary N) is 2. The summed E-state index contributed by atoms with van der Waals surface area (Å²) in [6.07, 6.45) is -0.342. The van der Waals surface area contributed by atoms with Crippen LogP contribution < -0.4 is 22.1 Å². The number of rotatable bonds is 6. The molecule has 2 aromatic rings. The molecular weight excluding hydrogens is 316 g/mol. The molecule has 0 bridgehead atoms. The number of aromatic nitrogens is 1. The van der Waals surface area contributed by atoms with Gasteiger partial charge in [0.15, 0.2) is 5.58 Å². The number of nitrogens with two attached hydrogens (primary N) is 1. The van der Waals surface area contributed by atoms with Crippen molar-refractivity contribution in [3.8, 4) is 0 Å². The quantitative estimate of drug-likeness (QED) is 0.623. The van der Waals surface area contributed by atoms with Gasteiger partial charge in [0, 0.05) is 7.05 Å². The second-order valence-electron chi connectivity index (χ2n) is 5.28. The van der Waals surface area contributed by atoms with E-state index >= 15 is 0 Å². The van der Waals surface area contributed by atoms with Gasteiger partial charge in [0.05, 0.1) is 11.9 Å². The molecule has 1 aromatic carbocycles. The summed E-state index contributed by atoms with van der Waals surface area (Å²) in [7, 11) is 1.37. The number of oxazole rings is 1. The lowest BCUT2D eigenvalue weighted by molar-refractivity contribution is -0.131. The average molecular weight is 334 g/mol. The van der Waals surface area contributed by atoms with Crippen LogP contribution in [-0.2, 0) is 20.9 Å². The van der Waals surface area contributed by atoms with E-state index in [-0.39, 0.29) is 13.0 Å². The standard InChI is InChI=1S/C15H18N4O5/c1-8-4-3-5-10-13(8)19(15(23)24-10)7-12(21)18-9(6-11(16)20)14(22)17-2/h3-5,9H,6-7H2,1-2H3,(H2,16,20)(H,17,22)(H,18,21)/t9-/m0/s1. The van der Waals surface area contributed by atoms with E-state index in [1.807, 2.05) is 0 Å². The van der Waals surface area contributed by atoms with Crippen LogP contribution in [0.5, 0.6) is 0 Å². The van der Waals surface area contributed by atoms with Crippen molar-refractivity contribution in [2.24, 2.45) is 5.73 Å². The molecule has 0 fully saturated rings. The lowest BCUT2D eigenvalue weighted by atomic mass is 10.2. The third-order valence-electron chi connectivity index (χ3n) is 3.49. The van der Waals surface area contributed by atoms with Gasteiger partial charge in [-0.05, 0) is 18.6 Å². The van der Waals surface area contributed by atoms with Crippen LogP contribution in [0.4, 0.5) is 0 Å². The molecule has 0 radical (unpaired) electrons. The fraction of sp³-hybridized carbons (Fsp3) is 0.333. The summed E-state index contributed by atoms with van der Waals surface area (Å²) in [5.41, 5.74) is 6.72. The number of para-hydroxylation sites is 1. The number of nitrogens with zero attached hydrogens (tertiary/aromatic N) is 1. The SMILES string of the molecule is CNC(=O)[C@H](CC(N)=O)NC(=O)Cn1c(=O)oc2cccc(C)c21. The Balaban J connectivity index is 2.23. The first-order valence-electron chi connectivity index (χ1n) is 7.21. The second-order valence-corrected chi connectivity index (χ2v) is 5.28. The molecule has 0 saturated carbocycles. The zero-order valence-corrected chi connectivity index (χ0v) is 13.3. The molecule has 0 aliphatic heterocycles. The first-order chi connectivity index (χ1) is 11.3. The number of carbonyl (C=O) groups is 3. The van der Waals surface area contributed by atoms with E-state index < -0.39 is 29.5 Å². The summed E-state index contributed by atoms with van der Waals surface area (Å²) in [4.78, 5) is 46.8. The Morgan fingerprint density at radius 1 is 1.33 bits per heavy atom. The third kappa shape index (κ3) is 3.62. The largest absolute Gasteiger partial charge is 0.420 e. The highest BCUT2D eigenvalue weighted by molar-refractivity contribution is 5.91. The maximum Gasteiger partial charge on any atom is 0.420 e. The lowest BCUT2D eigenvalue weighted by Crippen LogP contribution is -2.48. The molecule has 1 aromatic heterocycles. The van der Waals surface area contributed by atoms with Crippen LogP contribution in [0.15, 0.2) is 27.4 Å². The number of fused-ring (bicyclic) bond motifs is 1. The van der Waals surface area contributed by atoms with Gasteiger partial charge in [0.2, 0.25) is 17.7 Å². The molecule has 2 rings (SSSR count). The van der Waals surface area contributed by atoms with Crippen LogP contribution in [0.1, 0.15) is 12.0 Å². The molecule has 9 heteroatoms. The molecule has 4 N–H and O–H groups in total. The molecule has 1 heterocycles. The van der Waals surface area contributed by atoms with Crippen molar-refractivity contribution in [1.82, 2.24) is 15.2 Å².